The minimum absolute atomic E-state index is 0.234. The molecule has 3 nitrogen and oxygen atoms in total. The second kappa shape index (κ2) is 4.23. The van der Waals surface area contributed by atoms with Crippen LogP contribution in [0.2, 0.25) is 0 Å². The quantitative estimate of drug-likeness (QED) is 0.889. The van der Waals surface area contributed by atoms with Gasteiger partial charge in [0.05, 0.1) is 0 Å². The summed E-state index contributed by atoms with van der Waals surface area (Å²) in [6, 6.07) is 7.06. The van der Waals surface area contributed by atoms with Gasteiger partial charge in [0.25, 0.3) is 0 Å². The predicted molar refractivity (Wildman–Crippen MR) is 63.7 cm³/mol. The molecule has 1 unspecified atom stereocenters. The summed E-state index contributed by atoms with van der Waals surface area (Å²) in [6.07, 6.45) is 1.75. The lowest BCUT2D eigenvalue weighted by Crippen LogP contribution is -2.25. The van der Waals surface area contributed by atoms with Crippen LogP contribution in [0.1, 0.15) is 17.5 Å². The minimum atomic E-state index is -0.604. The molecule has 2 aromatic rings. The van der Waals surface area contributed by atoms with E-state index in [-0.39, 0.29) is 5.75 Å². The standard InChI is InChI=1S/C12H13NO2S/c1-12(15-2,11-13-6-7-16-11)9-4-3-5-10(14)8-9/h3-8,14H,1-2H3. The third-order valence-corrected chi connectivity index (χ3v) is 3.62. The van der Waals surface area contributed by atoms with Crippen molar-refractivity contribution < 1.29 is 9.84 Å². The van der Waals surface area contributed by atoms with Gasteiger partial charge >= 0.3 is 0 Å². The molecule has 1 N–H and O–H groups in total. The van der Waals surface area contributed by atoms with Gasteiger partial charge in [0, 0.05) is 18.7 Å². The number of phenols is 1. The molecule has 1 aromatic carbocycles. The van der Waals surface area contributed by atoms with Crippen molar-refractivity contribution in [2.45, 2.75) is 12.5 Å². The maximum atomic E-state index is 9.50. The number of ether oxygens (including phenoxy) is 1. The molecule has 0 aliphatic heterocycles. The Morgan fingerprint density at radius 2 is 2.25 bits per heavy atom. The number of benzene rings is 1. The van der Waals surface area contributed by atoms with Crippen LogP contribution >= 0.6 is 11.3 Å². The van der Waals surface area contributed by atoms with E-state index in [9.17, 15) is 5.11 Å². The summed E-state index contributed by atoms with van der Waals surface area (Å²) in [7, 11) is 1.64. The molecule has 84 valence electrons. The molecule has 0 aliphatic rings. The van der Waals surface area contributed by atoms with E-state index in [1.807, 2.05) is 18.4 Å². The average molecular weight is 235 g/mol. The Labute approximate surface area is 98.4 Å². The van der Waals surface area contributed by atoms with Gasteiger partial charge in [-0.1, -0.05) is 12.1 Å². The van der Waals surface area contributed by atoms with E-state index < -0.39 is 5.60 Å². The molecule has 4 heteroatoms. The topological polar surface area (TPSA) is 42.4 Å². The average Bonchev–Trinajstić information content (AvgIpc) is 2.82. The number of rotatable bonds is 3. The molecular formula is C12H13NO2S. The van der Waals surface area contributed by atoms with Crippen molar-refractivity contribution in [3.63, 3.8) is 0 Å². The first-order chi connectivity index (χ1) is 7.66. The summed E-state index contributed by atoms with van der Waals surface area (Å²) in [4.78, 5) is 4.28. The smallest absolute Gasteiger partial charge is 0.141 e. The third-order valence-electron chi connectivity index (χ3n) is 2.65. The molecule has 0 fully saturated rings. The van der Waals surface area contributed by atoms with E-state index in [1.165, 1.54) is 11.3 Å². The number of thiazole rings is 1. The zero-order chi connectivity index (χ0) is 11.6. The van der Waals surface area contributed by atoms with Gasteiger partial charge in [-0.2, -0.15) is 0 Å². The highest BCUT2D eigenvalue weighted by Gasteiger charge is 2.31. The van der Waals surface area contributed by atoms with Gasteiger partial charge in [-0.3, -0.25) is 0 Å². The molecule has 0 saturated carbocycles. The molecule has 16 heavy (non-hydrogen) atoms. The molecule has 2 rings (SSSR count). The molecule has 1 heterocycles. The zero-order valence-electron chi connectivity index (χ0n) is 9.18. The van der Waals surface area contributed by atoms with E-state index in [0.29, 0.717) is 0 Å². The second-order valence-electron chi connectivity index (χ2n) is 3.62. The number of aromatic nitrogens is 1. The van der Waals surface area contributed by atoms with E-state index in [2.05, 4.69) is 4.98 Å². The van der Waals surface area contributed by atoms with Gasteiger partial charge in [0.2, 0.25) is 0 Å². The lowest BCUT2D eigenvalue weighted by molar-refractivity contribution is 0.0387. The Bertz CT molecular complexity index is 470. The first kappa shape index (κ1) is 11.1. The molecule has 0 bridgehead atoms. The van der Waals surface area contributed by atoms with Crippen molar-refractivity contribution in [2.24, 2.45) is 0 Å². The SMILES string of the molecule is COC(C)(c1cccc(O)c1)c1nccs1. The van der Waals surface area contributed by atoms with Crippen molar-refractivity contribution in [2.75, 3.05) is 7.11 Å². The highest BCUT2D eigenvalue weighted by atomic mass is 32.1. The summed E-state index contributed by atoms with van der Waals surface area (Å²) in [5.41, 5.74) is 0.289. The summed E-state index contributed by atoms with van der Waals surface area (Å²) in [5.74, 6) is 0.234. The predicted octanol–water partition coefficient (Wildman–Crippen LogP) is 2.76. The van der Waals surface area contributed by atoms with Crippen LogP contribution in [0.3, 0.4) is 0 Å². The van der Waals surface area contributed by atoms with E-state index in [4.69, 9.17) is 4.74 Å². The molecule has 0 amide bonds. The highest BCUT2D eigenvalue weighted by molar-refractivity contribution is 7.09. The van der Waals surface area contributed by atoms with E-state index in [0.717, 1.165) is 10.6 Å². The van der Waals surface area contributed by atoms with Crippen LogP contribution in [0.5, 0.6) is 5.75 Å². The Morgan fingerprint density at radius 3 is 2.81 bits per heavy atom. The van der Waals surface area contributed by atoms with Crippen LogP contribution in [0.25, 0.3) is 0 Å². The zero-order valence-corrected chi connectivity index (χ0v) is 9.99. The van der Waals surface area contributed by atoms with Crippen molar-refractivity contribution in [1.82, 2.24) is 4.98 Å². The fourth-order valence-electron chi connectivity index (χ4n) is 1.59. The van der Waals surface area contributed by atoms with Gasteiger partial charge < -0.3 is 9.84 Å². The molecule has 0 saturated heterocycles. The van der Waals surface area contributed by atoms with Crippen LogP contribution in [0.4, 0.5) is 0 Å². The van der Waals surface area contributed by atoms with Crippen LogP contribution in [0.15, 0.2) is 35.8 Å². The summed E-state index contributed by atoms with van der Waals surface area (Å²) in [5, 5.41) is 12.3. The fourth-order valence-corrected chi connectivity index (χ4v) is 2.39. The van der Waals surface area contributed by atoms with Crippen molar-refractivity contribution >= 4 is 11.3 Å². The van der Waals surface area contributed by atoms with E-state index >= 15 is 0 Å². The molecule has 0 spiro atoms. The second-order valence-corrected chi connectivity index (χ2v) is 4.52. The Kier molecular flexibility index (Phi) is 2.94. The van der Waals surface area contributed by atoms with Gasteiger partial charge in [-0.25, -0.2) is 4.98 Å². The Morgan fingerprint density at radius 1 is 1.44 bits per heavy atom. The van der Waals surface area contributed by atoms with Gasteiger partial charge in [0.15, 0.2) is 0 Å². The lowest BCUT2D eigenvalue weighted by Gasteiger charge is -2.26. The highest BCUT2D eigenvalue weighted by Crippen LogP contribution is 2.34. The van der Waals surface area contributed by atoms with Gasteiger partial charge in [-0.05, 0) is 24.6 Å². The van der Waals surface area contributed by atoms with Gasteiger partial charge in [-0.15, -0.1) is 11.3 Å². The van der Waals surface area contributed by atoms with Crippen LogP contribution < -0.4 is 0 Å². The number of hydrogen-bond acceptors (Lipinski definition) is 4. The number of nitrogens with zero attached hydrogens (tertiary/aromatic N) is 1. The first-order valence-corrected chi connectivity index (χ1v) is 5.79. The molecule has 1 aromatic heterocycles. The third kappa shape index (κ3) is 1.81. The summed E-state index contributed by atoms with van der Waals surface area (Å²) >= 11 is 1.54. The largest absolute Gasteiger partial charge is 0.508 e. The summed E-state index contributed by atoms with van der Waals surface area (Å²) in [6.45, 7) is 1.95. The number of methoxy groups -OCH3 is 1. The Hall–Kier alpha value is -1.39. The monoisotopic (exact) mass is 235 g/mol. The molecular weight excluding hydrogens is 222 g/mol. The van der Waals surface area contributed by atoms with Crippen molar-refractivity contribution in [3.8, 4) is 5.75 Å². The number of hydrogen-bond donors (Lipinski definition) is 1. The maximum absolute atomic E-state index is 9.50. The van der Waals surface area contributed by atoms with Crippen LogP contribution in [-0.4, -0.2) is 17.2 Å². The lowest BCUT2D eigenvalue weighted by atomic mass is 9.96. The first-order valence-electron chi connectivity index (χ1n) is 4.91. The van der Waals surface area contributed by atoms with Gasteiger partial charge in [0.1, 0.15) is 16.4 Å². The van der Waals surface area contributed by atoms with Crippen LogP contribution in [0, 0.1) is 0 Å². The Balaban J connectivity index is 2.50. The minimum Gasteiger partial charge on any atom is -0.508 e. The molecule has 1 atom stereocenters. The normalized spacial score (nSPS) is 14.6. The van der Waals surface area contributed by atoms with Crippen molar-refractivity contribution in [1.29, 1.82) is 0 Å². The van der Waals surface area contributed by atoms with Crippen LogP contribution in [-0.2, 0) is 10.3 Å². The molecule has 0 aliphatic carbocycles. The fraction of sp³-hybridized carbons (Fsp3) is 0.250. The van der Waals surface area contributed by atoms with Crippen molar-refractivity contribution in [3.05, 3.63) is 46.4 Å². The van der Waals surface area contributed by atoms with E-state index in [1.54, 1.807) is 31.5 Å². The number of phenolic OH excluding ortho intramolecular Hbond substituents is 1. The number of aromatic hydroxyl groups is 1. The maximum Gasteiger partial charge on any atom is 0.141 e. The summed E-state index contributed by atoms with van der Waals surface area (Å²) < 4.78 is 5.56. The molecule has 0 radical (unpaired) electrons.